The molecule has 0 aliphatic heterocycles. The lowest BCUT2D eigenvalue weighted by Crippen LogP contribution is -2.42. The maximum absolute atomic E-state index is 12.1. The van der Waals surface area contributed by atoms with Crippen LogP contribution in [0.2, 0.25) is 0 Å². The number of alkyl halides is 3. The molecule has 3 nitrogen and oxygen atoms in total. The summed E-state index contributed by atoms with van der Waals surface area (Å²) in [5, 5.41) is 8.83. The van der Waals surface area contributed by atoms with Crippen LogP contribution in [-0.4, -0.2) is 17.3 Å². The van der Waals surface area contributed by atoms with Crippen molar-refractivity contribution in [1.82, 2.24) is 0 Å². The molecule has 1 aromatic rings. The van der Waals surface area contributed by atoms with Crippen molar-refractivity contribution in [2.24, 2.45) is 5.73 Å². The molecular formula is C9H12F3NO2. The van der Waals surface area contributed by atoms with E-state index in [2.05, 4.69) is 4.42 Å². The highest BCUT2D eigenvalue weighted by molar-refractivity contribution is 5.12. The van der Waals surface area contributed by atoms with Crippen LogP contribution < -0.4 is 5.73 Å². The molecule has 3 N–H and O–H groups in total. The standard InChI is InChI=1S/C9H12F3NO2/c1-8(13,5-14)4-6-2-3-7(15-6)9(10,11)12/h2-3,14H,4-5,13H2,1H3. The van der Waals surface area contributed by atoms with Crippen LogP contribution in [0.1, 0.15) is 18.4 Å². The first-order valence-electron chi connectivity index (χ1n) is 4.30. The topological polar surface area (TPSA) is 59.4 Å². The third-order valence-corrected chi connectivity index (χ3v) is 1.88. The van der Waals surface area contributed by atoms with Gasteiger partial charge in [-0.1, -0.05) is 0 Å². The molecule has 6 heteroatoms. The third kappa shape index (κ3) is 3.24. The Hall–Kier alpha value is -1.01. The number of aliphatic hydroxyl groups excluding tert-OH is 1. The van der Waals surface area contributed by atoms with Gasteiger partial charge in [0, 0.05) is 12.0 Å². The summed E-state index contributed by atoms with van der Waals surface area (Å²) < 4.78 is 41.0. The van der Waals surface area contributed by atoms with Crippen molar-refractivity contribution < 1.29 is 22.7 Å². The number of hydrogen-bond acceptors (Lipinski definition) is 3. The van der Waals surface area contributed by atoms with Crippen LogP contribution >= 0.6 is 0 Å². The van der Waals surface area contributed by atoms with Crippen molar-refractivity contribution in [3.63, 3.8) is 0 Å². The summed E-state index contributed by atoms with van der Waals surface area (Å²) in [7, 11) is 0. The first-order valence-corrected chi connectivity index (χ1v) is 4.30. The van der Waals surface area contributed by atoms with Crippen LogP contribution in [0.4, 0.5) is 13.2 Å². The molecule has 1 heterocycles. The maximum Gasteiger partial charge on any atom is 0.449 e. The molecule has 1 atom stereocenters. The van der Waals surface area contributed by atoms with Crippen LogP contribution in [0.25, 0.3) is 0 Å². The molecule has 86 valence electrons. The number of furan rings is 1. The molecule has 0 spiro atoms. The highest BCUT2D eigenvalue weighted by Crippen LogP contribution is 2.31. The van der Waals surface area contributed by atoms with Crippen LogP contribution in [0, 0.1) is 0 Å². The quantitative estimate of drug-likeness (QED) is 0.817. The van der Waals surface area contributed by atoms with Crippen LogP contribution in [0.15, 0.2) is 16.5 Å². The summed E-state index contributed by atoms with van der Waals surface area (Å²) in [6.07, 6.45) is -4.43. The Balaban J connectivity index is 2.78. The molecule has 0 saturated heterocycles. The maximum atomic E-state index is 12.1. The fourth-order valence-electron chi connectivity index (χ4n) is 1.08. The minimum absolute atomic E-state index is 0.0551. The van der Waals surface area contributed by atoms with Crippen LogP contribution in [0.3, 0.4) is 0 Å². The molecule has 0 saturated carbocycles. The predicted octanol–water partition coefficient (Wildman–Crippen LogP) is 1.55. The summed E-state index contributed by atoms with van der Waals surface area (Å²) >= 11 is 0. The van der Waals surface area contributed by atoms with Gasteiger partial charge in [0.25, 0.3) is 0 Å². The van der Waals surface area contributed by atoms with Gasteiger partial charge in [0.15, 0.2) is 0 Å². The fraction of sp³-hybridized carbons (Fsp3) is 0.556. The second kappa shape index (κ2) is 3.86. The van der Waals surface area contributed by atoms with Crippen molar-refractivity contribution in [2.45, 2.75) is 25.1 Å². The molecule has 0 amide bonds. The largest absolute Gasteiger partial charge is 0.456 e. The lowest BCUT2D eigenvalue weighted by Gasteiger charge is -2.19. The fourth-order valence-corrected chi connectivity index (χ4v) is 1.08. The summed E-state index contributed by atoms with van der Waals surface area (Å²) in [4.78, 5) is 0. The number of halogens is 3. The molecule has 0 aliphatic carbocycles. The zero-order valence-electron chi connectivity index (χ0n) is 8.14. The number of nitrogens with two attached hydrogens (primary N) is 1. The highest BCUT2D eigenvalue weighted by Gasteiger charge is 2.35. The second-order valence-corrected chi connectivity index (χ2v) is 3.75. The zero-order valence-corrected chi connectivity index (χ0v) is 8.14. The van der Waals surface area contributed by atoms with Crippen molar-refractivity contribution >= 4 is 0 Å². The van der Waals surface area contributed by atoms with Gasteiger partial charge in [-0.25, -0.2) is 0 Å². The van der Waals surface area contributed by atoms with Gasteiger partial charge in [0.1, 0.15) is 5.76 Å². The van der Waals surface area contributed by atoms with Gasteiger partial charge in [-0.05, 0) is 19.1 Å². The van der Waals surface area contributed by atoms with Gasteiger partial charge < -0.3 is 15.3 Å². The van der Waals surface area contributed by atoms with Gasteiger partial charge in [-0.15, -0.1) is 0 Å². The van der Waals surface area contributed by atoms with E-state index in [1.807, 2.05) is 0 Å². The van der Waals surface area contributed by atoms with Crippen molar-refractivity contribution in [1.29, 1.82) is 0 Å². The van der Waals surface area contributed by atoms with Crippen molar-refractivity contribution in [2.75, 3.05) is 6.61 Å². The van der Waals surface area contributed by atoms with E-state index < -0.39 is 17.5 Å². The SMILES string of the molecule is CC(N)(CO)Cc1ccc(C(F)(F)F)o1. The molecular weight excluding hydrogens is 211 g/mol. The first-order chi connectivity index (χ1) is 6.74. The van der Waals surface area contributed by atoms with E-state index in [9.17, 15) is 13.2 Å². The zero-order chi connectivity index (χ0) is 11.7. The Morgan fingerprint density at radius 3 is 2.40 bits per heavy atom. The smallest absolute Gasteiger partial charge is 0.449 e. The van der Waals surface area contributed by atoms with E-state index in [1.54, 1.807) is 0 Å². The highest BCUT2D eigenvalue weighted by atomic mass is 19.4. The molecule has 15 heavy (non-hydrogen) atoms. The second-order valence-electron chi connectivity index (χ2n) is 3.75. The summed E-state index contributed by atoms with van der Waals surface area (Å²) in [6.45, 7) is 1.21. The van der Waals surface area contributed by atoms with Crippen molar-refractivity contribution in [3.05, 3.63) is 23.7 Å². The third-order valence-electron chi connectivity index (χ3n) is 1.88. The Morgan fingerprint density at radius 2 is 2.00 bits per heavy atom. The summed E-state index contributed by atoms with van der Waals surface area (Å²) in [5.41, 5.74) is 4.60. The minimum atomic E-state index is -4.48. The number of hydrogen-bond donors (Lipinski definition) is 2. The van der Waals surface area contributed by atoms with E-state index >= 15 is 0 Å². The van der Waals surface area contributed by atoms with Gasteiger partial charge in [-0.3, -0.25) is 0 Å². The lowest BCUT2D eigenvalue weighted by molar-refractivity contribution is -0.153. The normalized spacial score (nSPS) is 16.4. The molecule has 1 unspecified atom stereocenters. The monoisotopic (exact) mass is 223 g/mol. The first kappa shape index (κ1) is 12.1. The molecule has 0 aliphatic rings. The van der Waals surface area contributed by atoms with E-state index in [-0.39, 0.29) is 18.8 Å². The molecule has 0 fully saturated rings. The molecule has 1 rings (SSSR count). The average Bonchev–Trinajstić information content (AvgIpc) is 2.51. The Labute approximate surface area is 84.7 Å². The molecule has 0 radical (unpaired) electrons. The average molecular weight is 223 g/mol. The van der Waals surface area contributed by atoms with Crippen LogP contribution in [0.5, 0.6) is 0 Å². The van der Waals surface area contributed by atoms with Gasteiger partial charge in [-0.2, -0.15) is 13.2 Å². The van der Waals surface area contributed by atoms with Gasteiger partial charge >= 0.3 is 6.18 Å². The van der Waals surface area contributed by atoms with Gasteiger partial charge in [0.2, 0.25) is 5.76 Å². The molecule has 0 aromatic carbocycles. The van der Waals surface area contributed by atoms with Crippen molar-refractivity contribution in [3.8, 4) is 0 Å². The van der Waals surface area contributed by atoms with E-state index in [0.717, 1.165) is 6.07 Å². The number of rotatable bonds is 3. The van der Waals surface area contributed by atoms with E-state index in [1.165, 1.54) is 13.0 Å². The molecule has 1 aromatic heterocycles. The minimum Gasteiger partial charge on any atom is -0.456 e. The van der Waals surface area contributed by atoms with Crippen LogP contribution in [-0.2, 0) is 12.6 Å². The lowest BCUT2D eigenvalue weighted by atomic mass is 9.99. The summed E-state index contributed by atoms with van der Waals surface area (Å²) in [5.74, 6) is -0.937. The van der Waals surface area contributed by atoms with E-state index in [0.29, 0.717) is 0 Å². The van der Waals surface area contributed by atoms with E-state index in [4.69, 9.17) is 10.8 Å². The summed E-state index contributed by atoms with van der Waals surface area (Å²) in [6, 6.07) is 2.06. The molecule has 0 bridgehead atoms. The number of aliphatic hydroxyl groups is 1. The Bertz CT molecular complexity index is 330. The Kier molecular flexibility index (Phi) is 3.11. The Morgan fingerprint density at radius 1 is 1.40 bits per heavy atom. The van der Waals surface area contributed by atoms with Gasteiger partial charge in [0.05, 0.1) is 6.61 Å². The predicted molar refractivity (Wildman–Crippen MR) is 47.1 cm³/mol.